The van der Waals surface area contributed by atoms with E-state index in [9.17, 15) is 9.59 Å². The summed E-state index contributed by atoms with van der Waals surface area (Å²) in [5.74, 6) is 0.253. The number of hydrogen-bond donors (Lipinski definition) is 3. The minimum absolute atomic E-state index is 0.0495. The number of amides is 2. The van der Waals surface area contributed by atoms with Crippen molar-refractivity contribution in [3.05, 3.63) is 88.9 Å². The third kappa shape index (κ3) is 6.45. The second-order valence-corrected chi connectivity index (χ2v) is 10.9. The number of hydrogen-bond acceptors (Lipinski definition) is 4. The monoisotopic (exact) mass is 505 g/mol. The maximum atomic E-state index is 13.0. The predicted molar refractivity (Wildman–Crippen MR) is 144 cm³/mol. The van der Waals surface area contributed by atoms with E-state index in [1.807, 2.05) is 30.3 Å². The predicted octanol–water partition coefficient (Wildman–Crippen LogP) is 6.42. The molecule has 4 rings (SSSR count). The van der Waals surface area contributed by atoms with Gasteiger partial charge < -0.3 is 20.7 Å². The third-order valence-corrected chi connectivity index (χ3v) is 6.40. The highest BCUT2D eigenvalue weighted by atomic mass is 35.5. The van der Waals surface area contributed by atoms with Gasteiger partial charge in [0.1, 0.15) is 11.5 Å². The van der Waals surface area contributed by atoms with Gasteiger partial charge in [-0.3, -0.25) is 9.59 Å². The Hall–Kier alpha value is -3.35. The van der Waals surface area contributed by atoms with Crippen molar-refractivity contribution in [2.75, 3.05) is 5.32 Å². The topological polar surface area (TPSA) is 79.5 Å². The molecule has 7 heteroatoms. The van der Waals surface area contributed by atoms with Gasteiger partial charge in [-0.2, -0.15) is 0 Å². The average Bonchev–Trinajstić information content (AvgIpc) is 2.79. The van der Waals surface area contributed by atoms with Gasteiger partial charge >= 0.3 is 0 Å². The van der Waals surface area contributed by atoms with Crippen LogP contribution < -0.4 is 20.7 Å². The number of para-hydroxylation sites is 2. The van der Waals surface area contributed by atoms with E-state index in [2.05, 4.69) is 43.6 Å². The normalized spacial score (nSPS) is 16.7. The molecule has 0 aromatic heterocycles. The lowest BCUT2D eigenvalue weighted by Crippen LogP contribution is -2.62. The van der Waals surface area contributed by atoms with Gasteiger partial charge in [0.2, 0.25) is 0 Å². The second kappa shape index (κ2) is 10.3. The zero-order valence-electron chi connectivity index (χ0n) is 21.0. The number of ether oxygens (including phenoxy) is 1. The van der Waals surface area contributed by atoms with E-state index in [1.54, 1.807) is 42.5 Å². The maximum absolute atomic E-state index is 13.0. The number of benzene rings is 3. The highest BCUT2D eigenvalue weighted by Gasteiger charge is 2.38. The Morgan fingerprint density at radius 1 is 0.861 bits per heavy atom. The van der Waals surface area contributed by atoms with E-state index in [0.29, 0.717) is 28.3 Å². The van der Waals surface area contributed by atoms with Gasteiger partial charge in [-0.1, -0.05) is 41.9 Å². The summed E-state index contributed by atoms with van der Waals surface area (Å²) in [7, 11) is 0. The lowest BCUT2D eigenvalue weighted by molar-refractivity contribution is 0.0872. The highest BCUT2D eigenvalue weighted by molar-refractivity contribution is 6.32. The molecule has 3 aromatic carbocycles. The number of nitrogens with one attached hydrogen (secondary N) is 3. The zero-order valence-corrected chi connectivity index (χ0v) is 21.8. The molecule has 3 N–H and O–H groups in total. The van der Waals surface area contributed by atoms with Gasteiger partial charge in [0.05, 0.1) is 10.6 Å². The second-order valence-electron chi connectivity index (χ2n) is 10.5. The Kier molecular flexibility index (Phi) is 7.38. The fraction of sp³-hybridized carbons (Fsp3) is 0.310. The molecule has 1 aliphatic heterocycles. The minimum Gasteiger partial charge on any atom is -0.455 e. The van der Waals surface area contributed by atoms with Gasteiger partial charge in [0.25, 0.3) is 11.8 Å². The SMILES string of the molecule is CC1(C)CC(NC(=O)c2ccc(Oc3ccccc3C(=O)Nc3ccccc3)c(Cl)c2)CC(C)(C)N1. The van der Waals surface area contributed by atoms with E-state index >= 15 is 0 Å². The molecule has 2 amide bonds. The molecule has 1 saturated heterocycles. The Bertz CT molecular complexity index is 1240. The van der Waals surface area contributed by atoms with Gasteiger partial charge in [-0.05, 0) is 83.0 Å². The lowest BCUT2D eigenvalue weighted by Gasteiger charge is -2.46. The summed E-state index contributed by atoms with van der Waals surface area (Å²) in [6.07, 6.45) is 1.66. The highest BCUT2D eigenvalue weighted by Crippen LogP contribution is 2.33. The fourth-order valence-corrected chi connectivity index (χ4v) is 5.22. The largest absolute Gasteiger partial charge is 0.455 e. The molecular formula is C29H32ClN3O3. The first-order valence-corrected chi connectivity index (χ1v) is 12.4. The van der Waals surface area contributed by atoms with Crippen LogP contribution in [0.2, 0.25) is 5.02 Å². The van der Waals surface area contributed by atoms with E-state index in [1.165, 1.54) is 0 Å². The van der Waals surface area contributed by atoms with Crippen LogP contribution in [0.3, 0.4) is 0 Å². The molecule has 1 fully saturated rings. The summed E-state index contributed by atoms with van der Waals surface area (Å²) in [4.78, 5) is 25.8. The number of piperidine rings is 1. The molecular weight excluding hydrogens is 474 g/mol. The maximum Gasteiger partial charge on any atom is 0.259 e. The summed E-state index contributed by atoms with van der Waals surface area (Å²) >= 11 is 6.50. The van der Waals surface area contributed by atoms with Crippen LogP contribution in [0.4, 0.5) is 5.69 Å². The number of anilines is 1. The first-order valence-electron chi connectivity index (χ1n) is 12.0. The molecule has 1 aliphatic rings. The van der Waals surface area contributed by atoms with Crippen LogP contribution >= 0.6 is 11.6 Å². The van der Waals surface area contributed by atoms with Crippen LogP contribution in [0.1, 0.15) is 61.3 Å². The van der Waals surface area contributed by atoms with E-state index in [4.69, 9.17) is 16.3 Å². The van der Waals surface area contributed by atoms with E-state index < -0.39 is 0 Å². The summed E-state index contributed by atoms with van der Waals surface area (Å²) in [5, 5.41) is 9.93. The van der Waals surface area contributed by atoms with Crippen LogP contribution in [-0.4, -0.2) is 28.9 Å². The average molecular weight is 506 g/mol. The van der Waals surface area contributed by atoms with E-state index in [0.717, 1.165) is 12.8 Å². The molecule has 0 radical (unpaired) electrons. The van der Waals surface area contributed by atoms with Crippen molar-refractivity contribution in [1.29, 1.82) is 0 Å². The van der Waals surface area contributed by atoms with Crippen LogP contribution in [0.25, 0.3) is 0 Å². The standard InChI is InChI=1S/C29H32ClN3O3/c1-28(2)17-21(18-29(3,4)33-28)32-26(34)19-14-15-25(23(30)16-19)36-24-13-9-8-12-22(24)27(35)31-20-10-6-5-7-11-20/h5-16,21,33H,17-18H2,1-4H3,(H,31,35)(H,32,34). The van der Waals surface area contributed by atoms with Crippen molar-refractivity contribution in [3.63, 3.8) is 0 Å². The fourth-order valence-electron chi connectivity index (χ4n) is 5.00. The van der Waals surface area contributed by atoms with Crippen LogP contribution in [-0.2, 0) is 0 Å². The van der Waals surface area contributed by atoms with Crippen LogP contribution in [0, 0.1) is 0 Å². The third-order valence-electron chi connectivity index (χ3n) is 6.10. The molecule has 1 heterocycles. The van der Waals surface area contributed by atoms with E-state index in [-0.39, 0.29) is 34.0 Å². The molecule has 0 aliphatic carbocycles. The summed E-state index contributed by atoms with van der Waals surface area (Å²) < 4.78 is 6.01. The molecule has 0 unspecified atom stereocenters. The molecule has 0 bridgehead atoms. The van der Waals surface area contributed by atoms with Crippen molar-refractivity contribution in [3.8, 4) is 11.5 Å². The smallest absolute Gasteiger partial charge is 0.259 e. The Labute approximate surface area is 217 Å². The quantitative estimate of drug-likeness (QED) is 0.361. The van der Waals surface area contributed by atoms with Gasteiger partial charge in [-0.25, -0.2) is 0 Å². The lowest BCUT2D eigenvalue weighted by atomic mass is 9.79. The molecule has 0 atom stereocenters. The molecule has 3 aromatic rings. The van der Waals surface area contributed by atoms with Gasteiger partial charge in [0.15, 0.2) is 0 Å². The van der Waals surface area contributed by atoms with Crippen molar-refractivity contribution >= 4 is 29.1 Å². The number of carbonyl (C=O) groups excluding carboxylic acids is 2. The number of rotatable bonds is 6. The zero-order chi connectivity index (χ0) is 25.9. The summed E-state index contributed by atoms with van der Waals surface area (Å²) in [5.41, 5.74) is 1.36. The number of halogens is 1. The molecule has 0 saturated carbocycles. The molecule has 36 heavy (non-hydrogen) atoms. The van der Waals surface area contributed by atoms with Crippen molar-refractivity contribution in [2.45, 2.75) is 57.7 Å². The van der Waals surface area contributed by atoms with Crippen molar-refractivity contribution in [2.24, 2.45) is 0 Å². The summed E-state index contributed by atoms with van der Waals surface area (Å²) in [6.45, 7) is 8.59. The van der Waals surface area contributed by atoms with Gasteiger partial charge in [0, 0.05) is 28.4 Å². The first-order chi connectivity index (χ1) is 17.0. The Morgan fingerprint density at radius 2 is 1.50 bits per heavy atom. The summed E-state index contributed by atoms with van der Waals surface area (Å²) in [6, 6.07) is 21.1. The molecule has 188 valence electrons. The Morgan fingerprint density at radius 3 is 2.17 bits per heavy atom. The first kappa shape index (κ1) is 25.7. The Balaban J connectivity index is 1.47. The van der Waals surface area contributed by atoms with Gasteiger partial charge in [-0.15, -0.1) is 0 Å². The van der Waals surface area contributed by atoms with Crippen molar-refractivity contribution < 1.29 is 14.3 Å². The van der Waals surface area contributed by atoms with Crippen LogP contribution in [0.15, 0.2) is 72.8 Å². The molecule has 6 nitrogen and oxygen atoms in total. The van der Waals surface area contributed by atoms with Crippen LogP contribution in [0.5, 0.6) is 11.5 Å². The minimum atomic E-state index is -0.295. The number of carbonyl (C=O) groups is 2. The van der Waals surface area contributed by atoms with Crippen molar-refractivity contribution in [1.82, 2.24) is 10.6 Å². The molecule has 0 spiro atoms.